The predicted octanol–water partition coefficient (Wildman–Crippen LogP) is 0.538. The fourth-order valence-corrected chi connectivity index (χ4v) is 1.94. The van der Waals surface area contributed by atoms with E-state index in [1.54, 1.807) is 13.8 Å². The maximum atomic E-state index is 12.0. The second-order valence-electron chi connectivity index (χ2n) is 5.05. The van der Waals surface area contributed by atoms with Gasteiger partial charge in [0.15, 0.2) is 5.69 Å². The fourth-order valence-electron chi connectivity index (χ4n) is 1.94. The highest BCUT2D eigenvalue weighted by Crippen LogP contribution is 2.17. The number of nitrogen functional groups attached to an aromatic ring is 1. The van der Waals surface area contributed by atoms with Crippen molar-refractivity contribution < 1.29 is 4.79 Å². The first-order valence-electron chi connectivity index (χ1n) is 6.71. The van der Waals surface area contributed by atoms with E-state index < -0.39 is 11.2 Å². The number of aromatic amines is 1. The van der Waals surface area contributed by atoms with Gasteiger partial charge in [0, 0.05) is 19.5 Å². The summed E-state index contributed by atoms with van der Waals surface area (Å²) in [7, 11) is 1.48. The Kier molecular flexibility index (Phi) is 5.12. The molecule has 0 spiro atoms. The van der Waals surface area contributed by atoms with Crippen molar-refractivity contribution in [3.8, 4) is 0 Å². The molecule has 1 amide bonds. The van der Waals surface area contributed by atoms with Crippen LogP contribution in [0.5, 0.6) is 0 Å². The Hall–Kier alpha value is -2.05. The van der Waals surface area contributed by atoms with Gasteiger partial charge in [-0.05, 0) is 6.42 Å². The second-order valence-corrected chi connectivity index (χ2v) is 5.05. The standard InChI is InChI=1S/C13H22N4O3/c1-5-6-7-17-10(14)9(11(18)15-13(17)20)16(4)12(19)8(2)3/h8H,5-7,14H2,1-4H3,(H,15,18,20). The third-order valence-electron chi connectivity index (χ3n) is 3.11. The van der Waals surface area contributed by atoms with Gasteiger partial charge in [-0.3, -0.25) is 19.1 Å². The number of nitrogens with zero attached hydrogens (tertiary/aromatic N) is 2. The Bertz CT molecular complexity index is 601. The number of carbonyl (C=O) groups excluding carboxylic acids is 1. The average Bonchev–Trinajstić information content (AvgIpc) is 2.36. The molecule has 1 aromatic rings. The Morgan fingerprint density at radius 1 is 1.40 bits per heavy atom. The predicted molar refractivity (Wildman–Crippen MR) is 78.9 cm³/mol. The zero-order valence-corrected chi connectivity index (χ0v) is 12.4. The molecule has 0 saturated carbocycles. The smallest absolute Gasteiger partial charge is 0.330 e. The Morgan fingerprint density at radius 2 is 2.00 bits per heavy atom. The molecule has 20 heavy (non-hydrogen) atoms. The van der Waals surface area contributed by atoms with E-state index in [-0.39, 0.29) is 23.3 Å². The highest BCUT2D eigenvalue weighted by atomic mass is 16.2. The average molecular weight is 282 g/mol. The van der Waals surface area contributed by atoms with Crippen molar-refractivity contribution in [3.63, 3.8) is 0 Å². The molecule has 1 rings (SSSR count). The van der Waals surface area contributed by atoms with Crippen LogP contribution in [0.25, 0.3) is 0 Å². The van der Waals surface area contributed by atoms with Crippen LogP contribution >= 0.6 is 0 Å². The normalized spacial score (nSPS) is 10.8. The molecule has 3 N–H and O–H groups in total. The van der Waals surface area contributed by atoms with Gasteiger partial charge < -0.3 is 10.6 Å². The molecular formula is C13H22N4O3. The first-order valence-corrected chi connectivity index (χ1v) is 6.71. The molecule has 0 aliphatic rings. The zero-order chi connectivity index (χ0) is 15.4. The molecule has 0 radical (unpaired) electrons. The summed E-state index contributed by atoms with van der Waals surface area (Å²) in [6.45, 7) is 5.86. The summed E-state index contributed by atoms with van der Waals surface area (Å²) in [5.41, 5.74) is 4.75. The van der Waals surface area contributed by atoms with Gasteiger partial charge in [-0.15, -0.1) is 0 Å². The number of nitrogens with two attached hydrogens (primary N) is 1. The number of anilines is 2. The van der Waals surface area contributed by atoms with E-state index in [0.717, 1.165) is 12.8 Å². The Balaban J connectivity index is 3.37. The van der Waals surface area contributed by atoms with Crippen molar-refractivity contribution in [2.24, 2.45) is 5.92 Å². The van der Waals surface area contributed by atoms with E-state index in [2.05, 4.69) is 4.98 Å². The van der Waals surface area contributed by atoms with Crippen molar-refractivity contribution in [3.05, 3.63) is 20.8 Å². The number of H-pyrrole nitrogens is 1. The van der Waals surface area contributed by atoms with Crippen LogP contribution in [0.15, 0.2) is 9.59 Å². The number of amides is 1. The van der Waals surface area contributed by atoms with Gasteiger partial charge in [-0.2, -0.15) is 0 Å². The van der Waals surface area contributed by atoms with E-state index in [4.69, 9.17) is 5.73 Å². The number of hydrogen-bond acceptors (Lipinski definition) is 4. The number of nitrogens with one attached hydrogen (secondary N) is 1. The lowest BCUT2D eigenvalue weighted by molar-refractivity contribution is -0.121. The van der Waals surface area contributed by atoms with Crippen molar-refractivity contribution >= 4 is 17.4 Å². The maximum Gasteiger partial charge on any atom is 0.330 e. The van der Waals surface area contributed by atoms with Crippen LogP contribution in [0.4, 0.5) is 11.5 Å². The lowest BCUT2D eigenvalue weighted by atomic mass is 10.2. The van der Waals surface area contributed by atoms with Crippen LogP contribution in [0, 0.1) is 5.92 Å². The molecule has 0 saturated heterocycles. The van der Waals surface area contributed by atoms with E-state index in [1.807, 2.05) is 6.92 Å². The number of rotatable bonds is 5. The van der Waals surface area contributed by atoms with Crippen molar-refractivity contribution in [2.45, 2.75) is 40.2 Å². The summed E-state index contributed by atoms with van der Waals surface area (Å²) in [6, 6.07) is 0. The summed E-state index contributed by atoms with van der Waals surface area (Å²) in [5.74, 6) is -0.471. The third kappa shape index (κ3) is 3.09. The molecule has 7 heteroatoms. The summed E-state index contributed by atoms with van der Waals surface area (Å²) in [6.07, 6.45) is 1.65. The van der Waals surface area contributed by atoms with Gasteiger partial charge in [0.05, 0.1) is 0 Å². The number of hydrogen-bond donors (Lipinski definition) is 2. The molecule has 0 aliphatic heterocycles. The van der Waals surface area contributed by atoms with Gasteiger partial charge in [-0.25, -0.2) is 4.79 Å². The van der Waals surface area contributed by atoms with Gasteiger partial charge in [0.2, 0.25) is 5.91 Å². The zero-order valence-electron chi connectivity index (χ0n) is 12.4. The largest absolute Gasteiger partial charge is 0.383 e. The van der Waals surface area contributed by atoms with Crippen LogP contribution < -0.4 is 21.9 Å². The van der Waals surface area contributed by atoms with Crippen LogP contribution in [-0.2, 0) is 11.3 Å². The van der Waals surface area contributed by atoms with Gasteiger partial charge in [0.25, 0.3) is 5.56 Å². The summed E-state index contributed by atoms with van der Waals surface area (Å²) < 4.78 is 1.30. The van der Waals surface area contributed by atoms with Gasteiger partial charge >= 0.3 is 5.69 Å². The minimum atomic E-state index is -0.642. The van der Waals surface area contributed by atoms with E-state index in [0.29, 0.717) is 6.54 Å². The topological polar surface area (TPSA) is 101 Å². The van der Waals surface area contributed by atoms with Gasteiger partial charge in [0.1, 0.15) is 5.82 Å². The van der Waals surface area contributed by atoms with E-state index >= 15 is 0 Å². The number of carbonyl (C=O) groups is 1. The summed E-state index contributed by atoms with van der Waals surface area (Å²) >= 11 is 0. The highest BCUT2D eigenvalue weighted by Gasteiger charge is 2.22. The summed E-state index contributed by atoms with van der Waals surface area (Å²) in [5, 5.41) is 0. The van der Waals surface area contributed by atoms with Crippen LogP contribution in [0.2, 0.25) is 0 Å². The van der Waals surface area contributed by atoms with Crippen LogP contribution in [-0.4, -0.2) is 22.5 Å². The molecule has 1 heterocycles. The maximum absolute atomic E-state index is 12.0. The molecule has 7 nitrogen and oxygen atoms in total. The second kappa shape index (κ2) is 6.40. The van der Waals surface area contributed by atoms with E-state index in [1.165, 1.54) is 16.5 Å². The SMILES string of the molecule is CCCCn1c(N)c(N(C)C(=O)C(C)C)c(=O)[nH]c1=O. The molecule has 1 aromatic heterocycles. The Morgan fingerprint density at radius 3 is 2.50 bits per heavy atom. The summed E-state index contributed by atoms with van der Waals surface area (Å²) in [4.78, 5) is 39.1. The quantitative estimate of drug-likeness (QED) is 0.822. The highest BCUT2D eigenvalue weighted by molar-refractivity contribution is 5.96. The van der Waals surface area contributed by atoms with Crippen molar-refractivity contribution in [1.82, 2.24) is 9.55 Å². The molecule has 0 bridgehead atoms. The fraction of sp³-hybridized carbons (Fsp3) is 0.615. The minimum absolute atomic E-state index is 0.0272. The molecule has 0 unspecified atom stereocenters. The molecule has 0 atom stereocenters. The monoisotopic (exact) mass is 282 g/mol. The van der Waals surface area contributed by atoms with Crippen LogP contribution in [0.1, 0.15) is 33.6 Å². The van der Waals surface area contributed by atoms with Crippen LogP contribution in [0.3, 0.4) is 0 Å². The van der Waals surface area contributed by atoms with Crippen molar-refractivity contribution in [1.29, 1.82) is 0 Å². The molecular weight excluding hydrogens is 260 g/mol. The molecule has 0 fully saturated rings. The minimum Gasteiger partial charge on any atom is -0.383 e. The Labute approximate surface area is 117 Å². The number of aromatic nitrogens is 2. The number of unbranched alkanes of at least 4 members (excludes halogenated alkanes) is 1. The molecule has 112 valence electrons. The molecule has 0 aliphatic carbocycles. The van der Waals surface area contributed by atoms with Crippen molar-refractivity contribution in [2.75, 3.05) is 17.7 Å². The van der Waals surface area contributed by atoms with E-state index in [9.17, 15) is 14.4 Å². The first-order chi connectivity index (χ1) is 9.31. The third-order valence-corrected chi connectivity index (χ3v) is 3.11. The lowest BCUT2D eigenvalue weighted by Crippen LogP contribution is -2.40. The first kappa shape index (κ1) is 16.0. The lowest BCUT2D eigenvalue weighted by Gasteiger charge is -2.21. The van der Waals surface area contributed by atoms with Gasteiger partial charge in [-0.1, -0.05) is 27.2 Å². The molecule has 0 aromatic carbocycles.